The zero-order valence-electron chi connectivity index (χ0n) is 6.39. The lowest BCUT2D eigenvalue weighted by molar-refractivity contribution is -0.118. The summed E-state index contributed by atoms with van der Waals surface area (Å²) in [5.74, 6) is 0.595. The molecule has 0 aliphatic heterocycles. The highest BCUT2D eigenvalue weighted by molar-refractivity contribution is 7.99. The molecule has 0 heterocycles. The number of thioether (sulfide) groups is 1. The first kappa shape index (κ1) is 9.56. The summed E-state index contributed by atoms with van der Waals surface area (Å²) >= 11 is 1.52. The van der Waals surface area contributed by atoms with Crippen LogP contribution in [-0.4, -0.2) is 24.0 Å². The first-order valence-corrected chi connectivity index (χ1v) is 4.51. The number of carbonyl (C=O) groups excluding carboxylic acids is 1. The maximum atomic E-state index is 10.8. The Kier molecular flexibility index (Phi) is 5.12. The fraction of sp³-hybridized carbons (Fsp3) is 0.571. The van der Waals surface area contributed by atoms with Crippen LogP contribution in [-0.2, 0) is 4.79 Å². The number of rotatable bonds is 4. The van der Waals surface area contributed by atoms with Crippen LogP contribution >= 0.6 is 11.8 Å². The largest absolute Gasteiger partial charge is 0.349 e. The molecule has 1 unspecified atom stereocenters. The standard InChI is InChI=1S/C7H13NOS/c1-4-6(2)8-7(9)5-10-3/h4,6H,1,5H2,2-3H3,(H,8,9). The fourth-order valence-corrected chi connectivity index (χ4v) is 0.831. The molecular formula is C7H13NOS. The Morgan fingerprint density at radius 3 is 2.90 bits per heavy atom. The molecule has 0 saturated carbocycles. The third kappa shape index (κ3) is 4.44. The molecule has 1 N–H and O–H groups in total. The summed E-state index contributed by atoms with van der Waals surface area (Å²) in [5, 5.41) is 2.75. The molecule has 0 aromatic carbocycles. The van der Waals surface area contributed by atoms with E-state index in [2.05, 4.69) is 11.9 Å². The van der Waals surface area contributed by atoms with Crippen molar-refractivity contribution in [3.63, 3.8) is 0 Å². The molecule has 0 spiro atoms. The van der Waals surface area contributed by atoms with Crippen LogP contribution in [0.3, 0.4) is 0 Å². The van der Waals surface area contributed by atoms with Crippen molar-refractivity contribution in [3.8, 4) is 0 Å². The Morgan fingerprint density at radius 1 is 1.90 bits per heavy atom. The van der Waals surface area contributed by atoms with Crippen molar-refractivity contribution in [3.05, 3.63) is 12.7 Å². The number of carbonyl (C=O) groups is 1. The van der Waals surface area contributed by atoms with Gasteiger partial charge in [-0.25, -0.2) is 0 Å². The van der Waals surface area contributed by atoms with Crippen molar-refractivity contribution in [2.45, 2.75) is 13.0 Å². The second-order valence-electron chi connectivity index (χ2n) is 2.02. The first-order valence-electron chi connectivity index (χ1n) is 3.11. The van der Waals surface area contributed by atoms with Crippen LogP contribution in [0.1, 0.15) is 6.92 Å². The minimum absolute atomic E-state index is 0.0694. The quantitative estimate of drug-likeness (QED) is 0.621. The first-order chi connectivity index (χ1) is 4.70. The molecule has 58 valence electrons. The van der Waals surface area contributed by atoms with Crippen LogP contribution in [0.25, 0.3) is 0 Å². The van der Waals surface area contributed by atoms with Crippen molar-refractivity contribution in [1.29, 1.82) is 0 Å². The van der Waals surface area contributed by atoms with E-state index in [0.717, 1.165) is 0 Å². The van der Waals surface area contributed by atoms with E-state index in [9.17, 15) is 4.79 Å². The van der Waals surface area contributed by atoms with Crippen LogP contribution < -0.4 is 5.32 Å². The minimum Gasteiger partial charge on any atom is -0.349 e. The average molecular weight is 159 g/mol. The molecule has 0 saturated heterocycles. The van der Waals surface area contributed by atoms with Crippen molar-refractivity contribution in [2.75, 3.05) is 12.0 Å². The van der Waals surface area contributed by atoms with Crippen molar-refractivity contribution in [2.24, 2.45) is 0 Å². The summed E-state index contributed by atoms with van der Waals surface area (Å²) < 4.78 is 0. The van der Waals surface area contributed by atoms with Gasteiger partial charge in [-0.15, -0.1) is 6.58 Å². The zero-order valence-corrected chi connectivity index (χ0v) is 7.20. The molecule has 0 aliphatic carbocycles. The van der Waals surface area contributed by atoms with Crippen molar-refractivity contribution < 1.29 is 4.79 Å². The zero-order chi connectivity index (χ0) is 7.98. The summed E-state index contributed by atoms with van der Waals surface area (Å²) in [6, 6.07) is 0.0830. The third-order valence-electron chi connectivity index (χ3n) is 1.02. The second-order valence-corrected chi connectivity index (χ2v) is 2.89. The Bertz CT molecular complexity index is 125. The Hall–Kier alpha value is -0.440. The normalized spacial score (nSPS) is 12.2. The lowest BCUT2D eigenvalue weighted by Crippen LogP contribution is -2.32. The average Bonchev–Trinajstić information content (AvgIpc) is 1.88. The van der Waals surface area contributed by atoms with Gasteiger partial charge in [0.25, 0.3) is 0 Å². The lowest BCUT2D eigenvalue weighted by Gasteiger charge is -2.06. The van der Waals surface area contributed by atoms with Crippen LogP contribution in [0.2, 0.25) is 0 Å². The molecule has 0 radical (unpaired) electrons. The van der Waals surface area contributed by atoms with Gasteiger partial charge >= 0.3 is 0 Å². The van der Waals surface area contributed by atoms with E-state index in [1.54, 1.807) is 6.08 Å². The van der Waals surface area contributed by atoms with Gasteiger partial charge in [-0.2, -0.15) is 11.8 Å². The van der Waals surface area contributed by atoms with E-state index in [4.69, 9.17) is 0 Å². The predicted octanol–water partition coefficient (Wildman–Crippen LogP) is 1.04. The molecule has 10 heavy (non-hydrogen) atoms. The van der Waals surface area contributed by atoms with Crippen molar-refractivity contribution in [1.82, 2.24) is 5.32 Å². The van der Waals surface area contributed by atoms with Crippen LogP contribution in [0.5, 0.6) is 0 Å². The molecule has 0 bridgehead atoms. The van der Waals surface area contributed by atoms with E-state index in [0.29, 0.717) is 5.75 Å². The smallest absolute Gasteiger partial charge is 0.230 e. The van der Waals surface area contributed by atoms with Gasteiger partial charge in [-0.3, -0.25) is 4.79 Å². The Labute approximate surface area is 66.1 Å². The van der Waals surface area contributed by atoms with Gasteiger partial charge in [0.05, 0.1) is 5.75 Å². The predicted molar refractivity (Wildman–Crippen MR) is 46.2 cm³/mol. The van der Waals surface area contributed by atoms with Gasteiger partial charge in [-0.05, 0) is 13.2 Å². The SMILES string of the molecule is C=CC(C)NC(=O)CSC. The second kappa shape index (κ2) is 5.35. The summed E-state index contributed by atoms with van der Waals surface area (Å²) in [6.45, 7) is 5.45. The highest BCUT2D eigenvalue weighted by atomic mass is 32.2. The highest BCUT2D eigenvalue weighted by Crippen LogP contribution is 1.90. The van der Waals surface area contributed by atoms with Crippen LogP contribution in [0.4, 0.5) is 0 Å². The molecule has 0 rings (SSSR count). The molecule has 2 nitrogen and oxygen atoms in total. The van der Waals surface area contributed by atoms with Crippen LogP contribution in [0, 0.1) is 0 Å². The van der Waals surface area contributed by atoms with E-state index >= 15 is 0 Å². The Balaban J connectivity index is 3.46. The van der Waals surface area contributed by atoms with Crippen molar-refractivity contribution >= 4 is 17.7 Å². The van der Waals surface area contributed by atoms with Gasteiger partial charge in [0.2, 0.25) is 5.91 Å². The summed E-state index contributed by atoms with van der Waals surface area (Å²) in [5.41, 5.74) is 0. The molecule has 1 atom stereocenters. The van der Waals surface area contributed by atoms with E-state index in [1.165, 1.54) is 11.8 Å². The number of hydrogen-bond acceptors (Lipinski definition) is 2. The number of nitrogens with one attached hydrogen (secondary N) is 1. The number of hydrogen-bond donors (Lipinski definition) is 1. The molecule has 1 amide bonds. The maximum Gasteiger partial charge on any atom is 0.230 e. The van der Waals surface area contributed by atoms with E-state index < -0.39 is 0 Å². The minimum atomic E-state index is 0.0694. The summed E-state index contributed by atoms with van der Waals surface area (Å²) in [4.78, 5) is 10.8. The summed E-state index contributed by atoms with van der Waals surface area (Å²) in [6.07, 6.45) is 3.61. The van der Waals surface area contributed by atoms with Gasteiger partial charge < -0.3 is 5.32 Å². The third-order valence-corrected chi connectivity index (χ3v) is 1.57. The summed E-state index contributed by atoms with van der Waals surface area (Å²) in [7, 11) is 0. The molecule has 3 heteroatoms. The van der Waals surface area contributed by atoms with Crippen LogP contribution in [0.15, 0.2) is 12.7 Å². The van der Waals surface area contributed by atoms with Gasteiger partial charge in [0.15, 0.2) is 0 Å². The van der Waals surface area contributed by atoms with E-state index in [-0.39, 0.29) is 11.9 Å². The maximum absolute atomic E-state index is 10.8. The van der Waals surface area contributed by atoms with Gasteiger partial charge in [0.1, 0.15) is 0 Å². The van der Waals surface area contributed by atoms with E-state index in [1.807, 2.05) is 13.2 Å². The molecule has 0 aromatic rings. The molecular weight excluding hydrogens is 146 g/mol. The monoisotopic (exact) mass is 159 g/mol. The molecule has 0 aliphatic rings. The fourth-order valence-electron chi connectivity index (χ4n) is 0.486. The van der Waals surface area contributed by atoms with Gasteiger partial charge in [0, 0.05) is 6.04 Å². The Morgan fingerprint density at radius 2 is 2.50 bits per heavy atom. The number of amides is 1. The molecule has 0 aromatic heterocycles. The topological polar surface area (TPSA) is 29.1 Å². The van der Waals surface area contributed by atoms with Gasteiger partial charge in [-0.1, -0.05) is 6.08 Å². The highest BCUT2D eigenvalue weighted by Gasteiger charge is 2.00. The lowest BCUT2D eigenvalue weighted by atomic mass is 10.3. The molecule has 0 fully saturated rings.